The van der Waals surface area contributed by atoms with Crippen LogP contribution in [0.4, 0.5) is 10.2 Å². The molecule has 0 aliphatic carbocycles. The first-order chi connectivity index (χ1) is 20.6. The van der Waals surface area contributed by atoms with E-state index in [1.54, 1.807) is 29.6 Å². The summed E-state index contributed by atoms with van der Waals surface area (Å²) in [5.41, 5.74) is 3.71. The quantitative estimate of drug-likeness (QED) is 0.294. The molecule has 5 heterocycles. The number of hydrogen-bond donors (Lipinski definition) is 1. The van der Waals surface area contributed by atoms with Gasteiger partial charge in [0.1, 0.15) is 17.3 Å². The predicted octanol–water partition coefficient (Wildman–Crippen LogP) is 4.90. The monoisotopic (exact) mass is 580 g/mol. The lowest BCUT2D eigenvalue weighted by Crippen LogP contribution is -2.58. The molecule has 0 radical (unpaired) electrons. The van der Waals surface area contributed by atoms with E-state index in [1.165, 1.54) is 16.7 Å². The molecule has 5 aromatic rings. The third-order valence-corrected chi connectivity index (χ3v) is 8.15. The molecule has 0 bridgehead atoms. The summed E-state index contributed by atoms with van der Waals surface area (Å²) in [5.74, 6) is -0.412. The first kappa shape index (κ1) is 28.2. The van der Waals surface area contributed by atoms with Crippen LogP contribution in [0.5, 0.6) is 0 Å². The van der Waals surface area contributed by atoms with E-state index in [1.807, 2.05) is 51.7 Å². The molecule has 1 fully saturated rings. The number of amides is 1. The molecule has 11 heteroatoms. The number of hydrogen-bond acceptors (Lipinski definition) is 7. The maximum Gasteiger partial charge on any atom is 0.355 e. The Kier molecular flexibility index (Phi) is 7.03. The van der Waals surface area contributed by atoms with Gasteiger partial charge in [-0.25, -0.2) is 23.7 Å². The molecular formula is C32H33FN8O2. The summed E-state index contributed by atoms with van der Waals surface area (Å²) in [6.45, 7) is 14.2. The van der Waals surface area contributed by atoms with E-state index in [-0.39, 0.29) is 35.2 Å². The molecule has 2 atom stereocenters. The average molecular weight is 581 g/mol. The number of pyridine rings is 2. The minimum atomic E-state index is -0.565. The number of piperazine rings is 1. The van der Waals surface area contributed by atoms with Crippen LogP contribution in [-0.2, 0) is 4.79 Å². The van der Waals surface area contributed by atoms with Crippen molar-refractivity contribution in [3.05, 3.63) is 83.1 Å². The molecule has 1 amide bonds. The number of carbonyl (C=O) groups excluding carboxylic acids is 1. The molecule has 1 N–H and O–H groups in total. The Morgan fingerprint density at radius 1 is 1.14 bits per heavy atom. The van der Waals surface area contributed by atoms with Crippen molar-refractivity contribution in [3.63, 3.8) is 0 Å². The van der Waals surface area contributed by atoms with Crippen LogP contribution in [0.25, 0.3) is 39.0 Å². The van der Waals surface area contributed by atoms with Crippen LogP contribution in [0.1, 0.15) is 44.9 Å². The lowest BCUT2D eigenvalue weighted by atomic mass is 10.0. The van der Waals surface area contributed by atoms with E-state index in [9.17, 15) is 9.59 Å². The lowest BCUT2D eigenvalue weighted by Gasteiger charge is -2.44. The lowest BCUT2D eigenvalue weighted by molar-refractivity contribution is -0.128. The number of anilines is 1. The number of halogens is 1. The number of para-hydroxylation sites is 1. The van der Waals surface area contributed by atoms with E-state index in [0.717, 1.165) is 11.1 Å². The van der Waals surface area contributed by atoms with Crippen molar-refractivity contribution < 1.29 is 9.18 Å². The number of aromatic amines is 1. The third kappa shape index (κ3) is 4.65. The smallest absolute Gasteiger partial charge is 0.349 e. The third-order valence-electron chi connectivity index (χ3n) is 8.15. The van der Waals surface area contributed by atoms with Crippen LogP contribution < -0.4 is 10.6 Å². The van der Waals surface area contributed by atoms with Crippen LogP contribution in [0, 0.1) is 12.7 Å². The van der Waals surface area contributed by atoms with Gasteiger partial charge in [0.2, 0.25) is 5.91 Å². The van der Waals surface area contributed by atoms with Gasteiger partial charge in [-0.05, 0) is 56.5 Å². The second kappa shape index (κ2) is 10.7. The average Bonchev–Trinajstić information content (AvgIpc) is 3.47. The SMILES string of the molecule is C=CC(=O)N1C[C@H](C)N(c2nc(=O)n(-c3c(C)ccnc3C(C)C)c3nc(-c4cccc5[nH]cnc45)c(F)cc23)C[C@H]1C. The highest BCUT2D eigenvalue weighted by atomic mass is 19.1. The fourth-order valence-electron chi connectivity index (χ4n) is 6.00. The molecule has 0 spiro atoms. The van der Waals surface area contributed by atoms with Crippen molar-refractivity contribution in [3.8, 4) is 16.9 Å². The zero-order valence-corrected chi connectivity index (χ0v) is 24.8. The Morgan fingerprint density at radius 2 is 1.93 bits per heavy atom. The number of rotatable bonds is 5. The molecule has 6 rings (SSSR count). The molecule has 0 unspecified atom stereocenters. The molecule has 1 aromatic carbocycles. The standard InChI is InChI=1S/C32H33FN8O2/c1-7-25(42)39-14-20(6)40(15-19(39)5)30-22-13-23(33)27(21-9-8-10-24-28(21)36-16-35-24)37-31(22)41(32(43)38-30)29-18(4)11-12-34-26(29)17(2)3/h7-13,16-17,19-20H,1,14-15H2,2-6H3,(H,35,36)/t19-,20+/m1/s1. The number of imidazole rings is 1. The topological polar surface area (TPSA) is 113 Å². The van der Waals surface area contributed by atoms with Gasteiger partial charge in [0.25, 0.3) is 0 Å². The van der Waals surface area contributed by atoms with Crippen molar-refractivity contribution in [1.29, 1.82) is 0 Å². The molecule has 1 aliphatic heterocycles. The summed E-state index contributed by atoms with van der Waals surface area (Å²) in [6, 6.07) is 8.26. The zero-order chi connectivity index (χ0) is 30.6. The summed E-state index contributed by atoms with van der Waals surface area (Å²) >= 11 is 0. The highest BCUT2D eigenvalue weighted by molar-refractivity contribution is 5.95. The van der Waals surface area contributed by atoms with Crippen molar-refractivity contribution in [2.24, 2.45) is 0 Å². The first-order valence-corrected chi connectivity index (χ1v) is 14.3. The van der Waals surface area contributed by atoms with Crippen molar-refractivity contribution in [2.75, 3.05) is 18.0 Å². The van der Waals surface area contributed by atoms with E-state index >= 15 is 4.39 Å². The van der Waals surface area contributed by atoms with E-state index in [0.29, 0.717) is 46.8 Å². The Labute approximate surface area is 247 Å². The van der Waals surface area contributed by atoms with Gasteiger partial charge in [0.05, 0.1) is 34.1 Å². The second-order valence-corrected chi connectivity index (χ2v) is 11.4. The van der Waals surface area contributed by atoms with E-state index in [4.69, 9.17) is 4.98 Å². The highest BCUT2D eigenvalue weighted by Gasteiger charge is 2.34. The summed E-state index contributed by atoms with van der Waals surface area (Å²) in [4.78, 5) is 51.8. The van der Waals surface area contributed by atoms with Gasteiger partial charge in [-0.3, -0.25) is 9.78 Å². The summed E-state index contributed by atoms with van der Waals surface area (Å²) in [6.07, 6.45) is 4.57. The molecule has 10 nitrogen and oxygen atoms in total. The molecule has 0 saturated carbocycles. The Hall–Kier alpha value is -4.93. The number of H-pyrrole nitrogens is 1. The van der Waals surface area contributed by atoms with Crippen molar-refractivity contribution >= 4 is 33.8 Å². The minimum absolute atomic E-state index is 0.00871. The van der Waals surface area contributed by atoms with Gasteiger partial charge in [0.15, 0.2) is 5.65 Å². The number of fused-ring (bicyclic) bond motifs is 2. The van der Waals surface area contributed by atoms with Crippen molar-refractivity contribution in [1.82, 2.24) is 34.4 Å². The van der Waals surface area contributed by atoms with Crippen LogP contribution in [-0.4, -0.2) is 65.5 Å². The number of aryl methyl sites for hydroxylation is 1. The number of aromatic nitrogens is 6. The fourth-order valence-corrected chi connectivity index (χ4v) is 6.00. The van der Waals surface area contributed by atoms with Crippen LogP contribution in [0.2, 0.25) is 0 Å². The summed E-state index contributed by atoms with van der Waals surface area (Å²) < 4.78 is 17.6. The van der Waals surface area contributed by atoms with E-state index < -0.39 is 11.5 Å². The normalized spacial score (nSPS) is 17.3. The van der Waals surface area contributed by atoms with Crippen LogP contribution >= 0.6 is 0 Å². The van der Waals surface area contributed by atoms with Crippen LogP contribution in [0.3, 0.4) is 0 Å². The maximum atomic E-state index is 16.2. The zero-order valence-electron chi connectivity index (χ0n) is 24.8. The Morgan fingerprint density at radius 3 is 2.67 bits per heavy atom. The number of benzene rings is 1. The molecule has 220 valence electrons. The van der Waals surface area contributed by atoms with Gasteiger partial charge >= 0.3 is 5.69 Å². The predicted molar refractivity (Wildman–Crippen MR) is 165 cm³/mol. The minimum Gasteiger partial charge on any atom is -0.349 e. The van der Waals surface area contributed by atoms with Gasteiger partial charge < -0.3 is 14.8 Å². The van der Waals surface area contributed by atoms with Gasteiger partial charge in [-0.1, -0.05) is 32.6 Å². The molecular weight excluding hydrogens is 547 g/mol. The fraction of sp³-hybridized carbons (Fsp3) is 0.312. The first-order valence-electron chi connectivity index (χ1n) is 14.3. The Balaban J connectivity index is 1.66. The van der Waals surface area contributed by atoms with Crippen LogP contribution in [0.15, 0.2) is 60.3 Å². The molecule has 43 heavy (non-hydrogen) atoms. The van der Waals surface area contributed by atoms with Gasteiger partial charge in [-0.2, -0.15) is 4.98 Å². The highest BCUT2D eigenvalue weighted by Crippen LogP contribution is 2.35. The largest absolute Gasteiger partial charge is 0.355 e. The second-order valence-electron chi connectivity index (χ2n) is 11.4. The number of nitrogens with one attached hydrogen (secondary N) is 1. The molecule has 1 saturated heterocycles. The summed E-state index contributed by atoms with van der Waals surface area (Å²) in [7, 11) is 0. The molecule has 1 aliphatic rings. The summed E-state index contributed by atoms with van der Waals surface area (Å²) in [5, 5.41) is 0.385. The van der Waals surface area contributed by atoms with E-state index in [2.05, 4.69) is 26.5 Å². The number of carbonyl (C=O) groups is 1. The van der Waals surface area contributed by atoms with Gasteiger partial charge in [0, 0.05) is 36.9 Å². The number of nitrogens with zero attached hydrogens (tertiary/aromatic N) is 7. The van der Waals surface area contributed by atoms with Crippen molar-refractivity contribution in [2.45, 2.75) is 52.6 Å². The van der Waals surface area contributed by atoms with Gasteiger partial charge in [-0.15, -0.1) is 0 Å². The maximum absolute atomic E-state index is 16.2. The Bertz CT molecular complexity index is 1960. The molecule has 4 aromatic heterocycles.